The molecule has 2 atom stereocenters. The molecule has 0 saturated heterocycles. The van der Waals surface area contributed by atoms with E-state index >= 15 is 0 Å². The lowest BCUT2D eigenvalue weighted by Gasteiger charge is -2.30. The number of carbonyl (C=O) groups excluding carboxylic acids is 2. The third-order valence-corrected chi connectivity index (χ3v) is 8.80. The first kappa shape index (κ1) is 30.9. The highest BCUT2D eigenvalue weighted by atomic mass is 16.6. The number of benzene rings is 2. The van der Waals surface area contributed by atoms with Crippen LogP contribution in [0, 0.1) is 0 Å². The van der Waals surface area contributed by atoms with Crippen molar-refractivity contribution >= 4 is 28.2 Å². The highest BCUT2D eigenvalue weighted by Gasteiger charge is 2.43. The van der Waals surface area contributed by atoms with Crippen molar-refractivity contribution in [3.05, 3.63) is 70.1 Å². The molecule has 2 aliphatic heterocycles. The van der Waals surface area contributed by atoms with E-state index in [1.54, 1.807) is 26.8 Å². The minimum Gasteiger partial charge on any atom is -0.492 e. The molecular formula is C35H39NO9. The molecule has 3 aromatic rings. The van der Waals surface area contributed by atoms with Crippen molar-refractivity contribution in [3.8, 4) is 17.2 Å². The Morgan fingerprint density at radius 3 is 2.69 bits per heavy atom. The Morgan fingerprint density at radius 2 is 1.96 bits per heavy atom. The van der Waals surface area contributed by atoms with Gasteiger partial charge >= 0.3 is 5.97 Å². The van der Waals surface area contributed by atoms with Gasteiger partial charge in [-0.3, -0.25) is 4.79 Å². The van der Waals surface area contributed by atoms with E-state index < -0.39 is 24.3 Å². The summed E-state index contributed by atoms with van der Waals surface area (Å²) in [4.78, 5) is 29.7. The maximum Gasteiger partial charge on any atom is 0.374 e. The number of ether oxygens (including phenoxy) is 4. The molecule has 1 aliphatic carbocycles. The Kier molecular flexibility index (Phi) is 8.47. The highest BCUT2D eigenvalue weighted by Crippen LogP contribution is 2.55. The molecule has 0 spiro atoms. The van der Waals surface area contributed by atoms with Crippen molar-refractivity contribution in [1.82, 2.24) is 4.98 Å². The second-order valence-electron chi connectivity index (χ2n) is 12.3. The monoisotopic (exact) mass is 617 g/mol. The van der Waals surface area contributed by atoms with Gasteiger partial charge in [-0.2, -0.15) is 0 Å². The molecule has 4 N–H and O–H groups in total. The van der Waals surface area contributed by atoms with Crippen LogP contribution in [0.4, 0.5) is 0 Å². The van der Waals surface area contributed by atoms with Gasteiger partial charge in [0.1, 0.15) is 29.1 Å². The topological polar surface area (TPSA) is 148 Å². The van der Waals surface area contributed by atoms with Gasteiger partial charge in [0.2, 0.25) is 5.76 Å². The summed E-state index contributed by atoms with van der Waals surface area (Å²) >= 11 is 0. The molecule has 0 bridgehead atoms. The van der Waals surface area contributed by atoms with Gasteiger partial charge in [-0.15, -0.1) is 0 Å². The van der Waals surface area contributed by atoms with Crippen molar-refractivity contribution in [2.75, 3.05) is 19.8 Å². The highest BCUT2D eigenvalue weighted by molar-refractivity contribution is 5.98. The molecular weight excluding hydrogens is 578 g/mol. The van der Waals surface area contributed by atoms with E-state index in [-0.39, 0.29) is 43.0 Å². The fourth-order valence-electron chi connectivity index (χ4n) is 6.45. The lowest BCUT2D eigenvalue weighted by atomic mass is 9.76. The Morgan fingerprint density at radius 1 is 1.13 bits per heavy atom. The van der Waals surface area contributed by atoms with Crippen molar-refractivity contribution in [3.63, 3.8) is 0 Å². The fraction of sp³-hybridized carbons (Fsp3) is 0.429. The SMILES string of the molecule is CCOC(=O)C1=C/C(=C2\CCC(=O)[C@@H](c3ccc4[nH]ccc4c3)C2)c2c(OCCCO)c3c(c(CO)c2O1)O[C@H](C(C)(C)O)C3. The van der Waals surface area contributed by atoms with Gasteiger partial charge in [-0.25, -0.2) is 4.79 Å². The summed E-state index contributed by atoms with van der Waals surface area (Å²) in [6.07, 6.45) is 4.76. The van der Waals surface area contributed by atoms with Crippen LogP contribution in [0.25, 0.3) is 16.5 Å². The van der Waals surface area contributed by atoms with Crippen LogP contribution < -0.4 is 14.2 Å². The molecule has 1 saturated carbocycles. The Labute approximate surface area is 261 Å². The zero-order chi connectivity index (χ0) is 31.9. The summed E-state index contributed by atoms with van der Waals surface area (Å²) in [7, 11) is 0. The number of aliphatic hydroxyl groups is 3. The molecule has 2 aromatic carbocycles. The third kappa shape index (κ3) is 5.74. The van der Waals surface area contributed by atoms with Crippen LogP contribution in [0.5, 0.6) is 17.2 Å². The number of hydrogen-bond donors (Lipinski definition) is 4. The van der Waals surface area contributed by atoms with Crippen molar-refractivity contribution < 1.29 is 43.9 Å². The number of allylic oxidation sites excluding steroid dienone is 3. The number of Topliss-reactive ketones (excluding diaryl/α,β-unsaturated/α-hetero) is 1. The van der Waals surface area contributed by atoms with Crippen LogP contribution in [0.15, 0.2) is 47.9 Å². The molecule has 1 aromatic heterocycles. The summed E-state index contributed by atoms with van der Waals surface area (Å²) in [5.74, 6) is 0.0326. The zero-order valence-electron chi connectivity index (χ0n) is 25.8. The van der Waals surface area contributed by atoms with Gasteiger partial charge in [-0.1, -0.05) is 11.6 Å². The van der Waals surface area contributed by atoms with Gasteiger partial charge < -0.3 is 39.3 Å². The number of hydrogen-bond acceptors (Lipinski definition) is 9. The summed E-state index contributed by atoms with van der Waals surface area (Å²) in [5.41, 5.74) is 3.85. The summed E-state index contributed by atoms with van der Waals surface area (Å²) in [5, 5.41) is 32.1. The van der Waals surface area contributed by atoms with E-state index in [0.717, 1.165) is 22.0 Å². The normalized spacial score (nSPS) is 21.1. The lowest BCUT2D eigenvalue weighted by Crippen LogP contribution is -2.39. The number of aliphatic hydroxyl groups excluding tert-OH is 2. The summed E-state index contributed by atoms with van der Waals surface area (Å²) in [6.45, 7) is 4.81. The molecule has 6 rings (SSSR count). The van der Waals surface area contributed by atoms with Crippen LogP contribution in [0.3, 0.4) is 0 Å². The maximum atomic E-state index is 13.4. The zero-order valence-corrected chi connectivity index (χ0v) is 25.8. The van der Waals surface area contributed by atoms with Crippen LogP contribution >= 0.6 is 0 Å². The smallest absolute Gasteiger partial charge is 0.374 e. The number of aromatic amines is 1. The lowest BCUT2D eigenvalue weighted by molar-refractivity contribution is -0.141. The second kappa shape index (κ2) is 12.3. The van der Waals surface area contributed by atoms with E-state index in [1.165, 1.54) is 0 Å². The Hall–Kier alpha value is -4.12. The van der Waals surface area contributed by atoms with Crippen molar-refractivity contribution in [1.29, 1.82) is 0 Å². The van der Waals surface area contributed by atoms with E-state index in [9.17, 15) is 24.9 Å². The molecule has 0 amide bonds. The molecule has 0 radical (unpaired) electrons. The molecule has 0 unspecified atom stereocenters. The average Bonchev–Trinajstić information content (AvgIpc) is 3.68. The van der Waals surface area contributed by atoms with Gasteiger partial charge in [-0.05, 0) is 74.4 Å². The molecule has 45 heavy (non-hydrogen) atoms. The van der Waals surface area contributed by atoms with Gasteiger partial charge in [0.25, 0.3) is 0 Å². The Bertz CT molecular complexity index is 1710. The van der Waals surface area contributed by atoms with Crippen LogP contribution in [-0.4, -0.2) is 63.6 Å². The minimum absolute atomic E-state index is 0.0537. The first-order valence-electron chi connectivity index (χ1n) is 15.5. The summed E-state index contributed by atoms with van der Waals surface area (Å²) < 4.78 is 24.1. The number of ketones is 1. The molecule has 3 heterocycles. The molecule has 10 nitrogen and oxygen atoms in total. The largest absolute Gasteiger partial charge is 0.492 e. The fourth-order valence-corrected chi connectivity index (χ4v) is 6.45. The summed E-state index contributed by atoms with van der Waals surface area (Å²) in [6, 6.07) is 7.96. The second-order valence-corrected chi connectivity index (χ2v) is 12.3. The first-order valence-corrected chi connectivity index (χ1v) is 15.5. The predicted molar refractivity (Wildman–Crippen MR) is 166 cm³/mol. The number of fused-ring (bicyclic) bond motifs is 3. The number of carbonyl (C=O) groups is 2. The third-order valence-electron chi connectivity index (χ3n) is 8.80. The van der Waals surface area contributed by atoms with E-state index in [4.69, 9.17) is 18.9 Å². The standard InChI is InChI=1S/C35H39NO9/c1-4-42-34(40)28-16-23(20-7-9-27(39)22(15-20)19-6-8-26-21(14-19)10-11-36-26)30-32(43-13-5-12-37)24-17-29(35(2,3)41)45-31(24)25(18-38)33(30)44-28/h6,8,10-11,14,16,22,29,36-38,41H,4-5,7,9,12-13,15,17-18H2,1-3H3/b23-20-/t22-,29+/m1/s1. The van der Waals surface area contributed by atoms with Gasteiger partial charge in [0, 0.05) is 49.1 Å². The van der Waals surface area contributed by atoms with Crippen LogP contribution in [-0.2, 0) is 27.4 Å². The number of nitrogens with one attached hydrogen (secondary N) is 1. The number of aromatic nitrogens is 1. The van der Waals surface area contributed by atoms with E-state index in [2.05, 4.69) is 4.98 Å². The minimum atomic E-state index is -1.21. The van der Waals surface area contributed by atoms with E-state index in [0.29, 0.717) is 65.9 Å². The van der Waals surface area contributed by atoms with Crippen LogP contribution in [0.2, 0.25) is 0 Å². The van der Waals surface area contributed by atoms with Crippen molar-refractivity contribution in [2.45, 2.75) is 77.1 Å². The molecule has 1 fully saturated rings. The average molecular weight is 618 g/mol. The first-order chi connectivity index (χ1) is 21.6. The predicted octanol–water partition coefficient (Wildman–Crippen LogP) is 4.63. The maximum absolute atomic E-state index is 13.4. The van der Waals surface area contributed by atoms with Gasteiger partial charge in [0.05, 0.1) is 36.5 Å². The number of esters is 1. The van der Waals surface area contributed by atoms with E-state index in [1.807, 2.05) is 30.5 Å². The van der Waals surface area contributed by atoms with Crippen molar-refractivity contribution in [2.24, 2.45) is 0 Å². The Balaban J connectivity index is 1.55. The number of H-pyrrole nitrogens is 1. The molecule has 3 aliphatic rings. The van der Waals surface area contributed by atoms with Gasteiger partial charge in [0.15, 0.2) is 0 Å². The molecule has 238 valence electrons. The van der Waals surface area contributed by atoms with Crippen LogP contribution in [0.1, 0.15) is 74.6 Å². The molecule has 10 heteroatoms. The quantitative estimate of drug-likeness (QED) is 0.199. The number of rotatable bonds is 9.